The van der Waals surface area contributed by atoms with E-state index < -0.39 is 22.2 Å². The number of nitrogens with one attached hydrogen (secondary N) is 1. The first-order valence-electron chi connectivity index (χ1n) is 6.65. The van der Waals surface area contributed by atoms with Gasteiger partial charge in [0.05, 0.1) is 11.8 Å². The summed E-state index contributed by atoms with van der Waals surface area (Å²) in [4.78, 5) is 0.0447. The summed E-state index contributed by atoms with van der Waals surface area (Å²) in [5.41, 5.74) is 5.94. The Labute approximate surface area is 127 Å². The summed E-state index contributed by atoms with van der Waals surface area (Å²) in [5, 5.41) is 10.0. The van der Waals surface area contributed by atoms with Crippen LogP contribution in [0.4, 0.5) is 5.69 Å². The summed E-state index contributed by atoms with van der Waals surface area (Å²) in [6, 6.07) is 4.26. The van der Waals surface area contributed by atoms with Gasteiger partial charge >= 0.3 is 0 Å². The molecule has 112 valence electrons. The second kappa shape index (κ2) is 6.43. The van der Waals surface area contributed by atoms with E-state index in [9.17, 15) is 13.5 Å². The summed E-state index contributed by atoms with van der Waals surface area (Å²) in [6.45, 7) is 0. The van der Waals surface area contributed by atoms with Gasteiger partial charge in [-0.05, 0) is 31.0 Å². The molecule has 2 atom stereocenters. The molecule has 2 unspecified atom stereocenters. The van der Waals surface area contributed by atoms with Crippen molar-refractivity contribution < 1.29 is 13.5 Å². The molecule has 0 bridgehead atoms. The van der Waals surface area contributed by atoms with Crippen molar-refractivity contribution in [2.24, 2.45) is 0 Å². The van der Waals surface area contributed by atoms with Crippen LogP contribution in [0, 0.1) is 0 Å². The first-order valence-corrected chi connectivity index (χ1v) is 8.93. The van der Waals surface area contributed by atoms with Crippen molar-refractivity contribution in [3.05, 3.63) is 22.7 Å². The summed E-state index contributed by atoms with van der Waals surface area (Å²) >= 11 is 3.24. The number of nitrogen functional groups attached to an aromatic ring is 1. The summed E-state index contributed by atoms with van der Waals surface area (Å²) < 4.78 is 28.1. The zero-order chi connectivity index (χ0) is 14.8. The molecule has 0 heterocycles. The lowest BCUT2D eigenvalue weighted by Gasteiger charge is -2.22. The number of benzene rings is 1. The Kier molecular flexibility index (Phi) is 5.06. The number of halogens is 1. The molecule has 0 aromatic heterocycles. The lowest BCUT2D eigenvalue weighted by atomic mass is 10.1. The van der Waals surface area contributed by atoms with Crippen LogP contribution >= 0.6 is 15.9 Å². The SMILES string of the molecule is Nc1ccc(Br)cc1S(=O)(=O)NC1CCCCCC1O. The zero-order valence-electron chi connectivity index (χ0n) is 11.0. The topological polar surface area (TPSA) is 92.4 Å². The van der Waals surface area contributed by atoms with E-state index in [0.717, 1.165) is 19.3 Å². The quantitative estimate of drug-likeness (QED) is 0.566. The molecule has 1 aliphatic rings. The van der Waals surface area contributed by atoms with Gasteiger partial charge in [0.15, 0.2) is 0 Å². The van der Waals surface area contributed by atoms with Crippen LogP contribution in [0.2, 0.25) is 0 Å². The molecular formula is C13H19BrN2O3S. The smallest absolute Gasteiger partial charge is 0.242 e. The molecule has 1 aliphatic carbocycles. The van der Waals surface area contributed by atoms with E-state index in [4.69, 9.17) is 5.73 Å². The van der Waals surface area contributed by atoms with Crippen LogP contribution in [0.15, 0.2) is 27.6 Å². The van der Waals surface area contributed by atoms with Gasteiger partial charge in [0.2, 0.25) is 10.0 Å². The highest BCUT2D eigenvalue weighted by molar-refractivity contribution is 9.10. The molecule has 20 heavy (non-hydrogen) atoms. The second-order valence-electron chi connectivity index (χ2n) is 5.12. The fourth-order valence-corrected chi connectivity index (χ4v) is 4.40. The first kappa shape index (κ1) is 15.8. The van der Waals surface area contributed by atoms with Gasteiger partial charge in [0.25, 0.3) is 0 Å². The molecule has 7 heteroatoms. The van der Waals surface area contributed by atoms with Crippen LogP contribution in [0.25, 0.3) is 0 Å². The number of hydrogen-bond donors (Lipinski definition) is 3. The Hall–Kier alpha value is -0.630. The van der Waals surface area contributed by atoms with E-state index >= 15 is 0 Å². The van der Waals surface area contributed by atoms with Gasteiger partial charge in [0.1, 0.15) is 4.90 Å². The number of anilines is 1. The van der Waals surface area contributed by atoms with Gasteiger partial charge in [-0.25, -0.2) is 13.1 Å². The molecule has 1 saturated carbocycles. The summed E-state index contributed by atoms with van der Waals surface area (Å²) in [6.07, 6.45) is 3.50. The number of sulfonamides is 1. The molecular weight excluding hydrogens is 344 g/mol. The van der Waals surface area contributed by atoms with Crippen molar-refractivity contribution in [1.82, 2.24) is 4.72 Å². The van der Waals surface area contributed by atoms with Gasteiger partial charge in [-0.2, -0.15) is 0 Å². The van der Waals surface area contributed by atoms with Crippen LogP contribution < -0.4 is 10.5 Å². The average molecular weight is 363 g/mol. The first-order chi connectivity index (χ1) is 9.40. The molecule has 0 amide bonds. The van der Waals surface area contributed by atoms with Crippen LogP contribution in [0.5, 0.6) is 0 Å². The monoisotopic (exact) mass is 362 g/mol. The molecule has 4 N–H and O–H groups in total. The van der Waals surface area contributed by atoms with Gasteiger partial charge in [-0.15, -0.1) is 0 Å². The van der Waals surface area contributed by atoms with Crippen LogP contribution in [-0.2, 0) is 10.0 Å². The van der Waals surface area contributed by atoms with Crippen molar-refractivity contribution in [3.8, 4) is 0 Å². The van der Waals surface area contributed by atoms with Gasteiger partial charge in [-0.3, -0.25) is 0 Å². The van der Waals surface area contributed by atoms with Gasteiger partial charge in [-0.1, -0.05) is 35.2 Å². The summed E-state index contributed by atoms with van der Waals surface area (Å²) in [5.74, 6) is 0. The lowest BCUT2D eigenvalue weighted by Crippen LogP contribution is -2.42. The van der Waals surface area contributed by atoms with Crippen molar-refractivity contribution in [2.45, 2.75) is 49.1 Å². The minimum atomic E-state index is -3.73. The van der Waals surface area contributed by atoms with Crippen molar-refractivity contribution in [1.29, 1.82) is 0 Å². The third-order valence-corrected chi connectivity index (χ3v) is 5.59. The predicted octanol–water partition coefficient (Wildman–Crippen LogP) is 2.00. The standard InChI is InChI=1S/C13H19BrN2O3S/c14-9-6-7-10(15)13(8-9)20(18,19)16-11-4-2-1-3-5-12(11)17/h6-8,11-12,16-17H,1-5,15H2. The average Bonchev–Trinajstić information content (AvgIpc) is 2.57. The van der Waals surface area contributed by atoms with Crippen molar-refractivity contribution >= 4 is 31.6 Å². The summed E-state index contributed by atoms with van der Waals surface area (Å²) in [7, 11) is -3.73. The van der Waals surface area contributed by atoms with E-state index in [-0.39, 0.29) is 10.6 Å². The number of nitrogens with two attached hydrogens (primary N) is 1. The fourth-order valence-electron chi connectivity index (χ4n) is 2.43. The highest BCUT2D eigenvalue weighted by Gasteiger charge is 2.28. The third-order valence-electron chi connectivity index (χ3n) is 3.55. The lowest BCUT2D eigenvalue weighted by molar-refractivity contribution is 0.130. The Balaban J connectivity index is 2.24. The third kappa shape index (κ3) is 3.72. The number of aliphatic hydroxyl groups excluding tert-OH is 1. The van der Waals surface area contributed by atoms with Crippen molar-refractivity contribution in [3.63, 3.8) is 0 Å². The van der Waals surface area contributed by atoms with Gasteiger partial charge in [0, 0.05) is 10.5 Å². The largest absolute Gasteiger partial charge is 0.398 e. The highest BCUT2D eigenvalue weighted by Crippen LogP contribution is 2.25. The molecule has 1 aromatic carbocycles. The Morgan fingerprint density at radius 2 is 1.95 bits per heavy atom. The molecule has 1 fully saturated rings. The normalized spacial score (nSPS) is 24.3. The molecule has 0 spiro atoms. The van der Waals surface area contributed by atoms with Crippen LogP contribution in [-0.4, -0.2) is 25.7 Å². The molecule has 2 rings (SSSR count). The number of rotatable bonds is 3. The molecule has 0 aliphatic heterocycles. The fraction of sp³-hybridized carbons (Fsp3) is 0.538. The minimum Gasteiger partial charge on any atom is -0.398 e. The maximum Gasteiger partial charge on any atom is 0.242 e. The van der Waals surface area contributed by atoms with E-state index in [0.29, 0.717) is 17.3 Å². The van der Waals surface area contributed by atoms with Gasteiger partial charge < -0.3 is 10.8 Å². The molecule has 5 nitrogen and oxygen atoms in total. The highest BCUT2D eigenvalue weighted by atomic mass is 79.9. The van der Waals surface area contributed by atoms with E-state index in [1.165, 1.54) is 6.07 Å². The Morgan fingerprint density at radius 1 is 1.25 bits per heavy atom. The number of aliphatic hydroxyl groups is 1. The zero-order valence-corrected chi connectivity index (χ0v) is 13.5. The Morgan fingerprint density at radius 3 is 2.70 bits per heavy atom. The molecule has 1 aromatic rings. The van der Waals surface area contributed by atoms with Crippen LogP contribution in [0.1, 0.15) is 32.1 Å². The predicted molar refractivity (Wildman–Crippen MR) is 81.8 cm³/mol. The van der Waals surface area contributed by atoms with Crippen LogP contribution in [0.3, 0.4) is 0 Å². The van der Waals surface area contributed by atoms with E-state index in [1.54, 1.807) is 12.1 Å². The Bertz CT molecular complexity index is 577. The van der Waals surface area contributed by atoms with Crippen molar-refractivity contribution in [2.75, 3.05) is 5.73 Å². The minimum absolute atomic E-state index is 0.0447. The number of hydrogen-bond acceptors (Lipinski definition) is 4. The maximum atomic E-state index is 12.4. The van der Waals surface area contributed by atoms with E-state index in [2.05, 4.69) is 20.7 Å². The molecule has 0 saturated heterocycles. The molecule has 0 radical (unpaired) electrons. The second-order valence-corrected chi connectivity index (χ2v) is 7.71. The maximum absolute atomic E-state index is 12.4. The van der Waals surface area contributed by atoms with E-state index in [1.807, 2.05) is 0 Å².